The summed E-state index contributed by atoms with van der Waals surface area (Å²) in [6.07, 6.45) is 0.0669. The molecule has 134 valence electrons. The van der Waals surface area contributed by atoms with Crippen molar-refractivity contribution in [3.63, 3.8) is 0 Å². The first-order chi connectivity index (χ1) is 12.6. The number of nitrogens with zero attached hydrogens (tertiary/aromatic N) is 1. The Morgan fingerprint density at radius 3 is 2.12 bits per heavy atom. The molecule has 0 spiro atoms. The fraction of sp³-hybridized carbons (Fsp3) is 0.211. The predicted octanol–water partition coefficient (Wildman–Crippen LogP) is 1.06. The van der Waals surface area contributed by atoms with Crippen molar-refractivity contribution in [1.82, 2.24) is 10.4 Å². The third kappa shape index (κ3) is 3.10. The van der Waals surface area contributed by atoms with Crippen molar-refractivity contribution in [1.29, 1.82) is 0 Å². The minimum Gasteiger partial charge on any atom is -0.392 e. The number of hydrogen-bond acceptors (Lipinski definition) is 5. The van der Waals surface area contributed by atoms with Crippen LogP contribution in [0.25, 0.3) is 0 Å². The van der Waals surface area contributed by atoms with Crippen LogP contribution in [0, 0.1) is 0 Å². The van der Waals surface area contributed by atoms with Gasteiger partial charge in [0.2, 0.25) is 0 Å². The molecule has 0 aromatic heterocycles. The Balaban J connectivity index is 1.99. The molecule has 0 radical (unpaired) electrons. The van der Waals surface area contributed by atoms with E-state index in [2.05, 4.69) is 10.3 Å². The number of hydroxylamine groups is 1. The Morgan fingerprint density at radius 2 is 1.58 bits per heavy atom. The largest absolute Gasteiger partial charge is 0.392 e. The first kappa shape index (κ1) is 17.8. The van der Waals surface area contributed by atoms with Gasteiger partial charge in [-0.15, -0.1) is 0 Å². The molecule has 0 saturated heterocycles. The van der Waals surface area contributed by atoms with Crippen LogP contribution in [-0.2, 0) is 22.7 Å². The van der Waals surface area contributed by atoms with Gasteiger partial charge in [0.05, 0.1) is 24.8 Å². The summed E-state index contributed by atoms with van der Waals surface area (Å²) < 4.78 is 0. The van der Waals surface area contributed by atoms with E-state index in [1.54, 1.807) is 48.5 Å². The number of fused-ring (bicyclic) bond motifs is 1. The molecule has 1 heterocycles. The number of nitrogens with one attached hydrogen (secondary N) is 1. The highest BCUT2D eigenvalue weighted by Crippen LogP contribution is 2.26. The van der Waals surface area contributed by atoms with E-state index in [4.69, 9.17) is 0 Å². The molecule has 2 N–H and O–H groups in total. The van der Waals surface area contributed by atoms with Crippen molar-refractivity contribution < 1.29 is 24.3 Å². The van der Waals surface area contributed by atoms with Crippen molar-refractivity contribution in [3.8, 4) is 0 Å². The Bertz CT molecular complexity index is 830. The molecule has 2 aromatic carbocycles. The van der Waals surface area contributed by atoms with E-state index in [0.29, 0.717) is 11.1 Å². The first-order valence-corrected chi connectivity index (χ1v) is 8.06. The van der Waals surface area contributed by atoms with Crippen LogP contribution in [0.15, 0.2) is 48.5 Å². The van der Waals surface area contributed by atoms with Gasteiger partial charge in [0, 0.05) is 6.42 Å². The number of imide groups is 1. The number of amides is 3. The number of aliphatic hydroxyl groups is 1. The summed E-state index contributed by atoms with van der Waals surface area (Å²) in [4.78, 5) is 43.6. The van der Waals surface area contributed by atoms with Crippen LogP contribution >= 0.6 is 0 Å². The van der Waals surface area contributed by atoms with E-state index < -0.39 is 23.8 Å². The average molecular weight is 354 g/mol. The normalized spacial score (nSPS) is 14.3. The quantitative estimate of drug-likeness (QED) is 0.597. The number of rotatable bonds is 6. The number of aliphatic hydroxyl groups excluding tert-OH is 1. The minimum absolute atomic E-state index is 0.0669. The monoisotopic (exact) mass is 354 g/mol. The van der Waals surface area contributed by atoms with Crippen LogP contribution in [0.4, 0.5) is 0 Å². The molecule has 0 bridgehead atoms. The molecule has 1 aliphatic rings. The van der Waals surface area contributed by atoms with Gasteiger partial charge in [-0.3, -0.25) is 24.1 Å². The van der Waals surface area contributed by atoms with Gasteiger partial charge in [-0.2, -0.15) is 0 Å². The van der Waals surface area contributed by atoms with Gasteiger partial charge in [-0.25, -0.2) is 5.48 Å². The van der Waals surface area contributed by atoms with Crippen molar-refractivity contribution in [2.75, 3.05) is 7.11 Å². The fourth-order valence-corrected chi connectivity index (χ4v) is 3.08. The standard InChI is InChI=1S/C19H18N2O5/c1-26-20-17(23)16(10-12-6-2-3-7-13(12)11-22)21-18(24)14-8-4-5-9-15(14)19(21)25/h2-9,16,22H,10-11H2,1H3,(H,20,23)/t16-/m0/s1. The predicted molar refractivity (Wildman–Crippen MR) is 92.0 cm³/mol. The number of benzene rings is 2. The van der Waals surface area contributed by atoms with Gasteiger partial charge < -0.3 is 5.11 Å². The Kier molecular flexibility index (Phi) is 5.11. The Hall–Kier alpha value is -3.03. The molecule has 2 aromatic rings. The maximum absolute atomic E-state index is 12.7. The summed E-state index contributed by atoms with van der Waals surface area (Å²) in [6.45, 7) is -0.211. The zero-order valence-corrected chi connectivity index (χ0v) is 14.1. The van der Waals surface area contributed by atoms with Crippen LogP contribution in [0.2, 0.25) is 0 Å². The van der Waals surface area contributed by atoms with Crippen LogP contribution in [0.1, 0.15) is 31.8 Å². The van der Waals surface area contributed by atoms with E-state index in [9.17, 15) is 19.5 Å². The van der Waals surface area contributed by atoms with E-state index in [1.807, 2.05) is 0 Å². The summed E-state index contributed by atoms with van der Waals surface area (Å²) in [5, 5.41) is 9.51. The SMILES string of the molecule is CONC(=O)[C@H](Cc1ccccc1CO)N1C(=O)c2ccccc2C1=O. The van der Waals surface area contributed by atoms with E-state index >= 15 is 0 Å². The van der Waals surface area contributed by atoms with Crippen molar-refractivity contribution in [2.45, 2.75) is 19.1 Å². The lowest BCUT2D eigenvalue weighted by Gasteiger charge is -2.25. The molecule has 3 rings (SSSR count). The first-order valence-electron chi connectivity index (χ1n) is 8.06. The molecular weight excluding hydrogens is 336 g/mol. The highest BCUT2D eigenvalue weighted by molar-refractivity contribution is 6.22. The fourth-order valence-electron chi connectivity index (χ4n) is 3.08. The summed E-state index contributed by atoms with van der Waals surface area (Å²) in [6, 6.07) is 12.3. The zero-order chi connectivity index (χ0) is 18.7. The highest BCUT2D eigenvalue weighted by Gasteiger charge is 2.42. The molecule has 1 atom stereocenters. The summed E-state index contributed by atoms with van der Waals surface area (Å²) >= 11 is 0. The molecule has 3 amide bonds. The van der Waals surface area contributed by atoms with Gasteiger partial charge in [0.15, 0.2) is 0 Å². The summed E-state index contributed by atoms with van der Waals surface area (Å²) in [7, 11) is 1.28. The topological polar surface area (TPSA) is 95.9 Å². The van der Waals surface area contributed by atoms with Gasteiger partial charge in [0.1, 0.15) is 6.04 Å². The maximum atomic E-state index is 12.7. The lowest BCUT2D eigenvalue weighted by atomic mass is 9.99. The van der Waals surface area contributed by atoms with Gasteiger partial charge in [-0.05, 0) is 23.3 Å². The van der Waals surface area contributed by atoms with E-state index in [1.165, 1.54) is 7.11 Å². The van der Waals surface area contributed by atoms with Gasteiger partial charge >= 0.3 is 0 Å². The van der Waals surface area contributed by atoms with Gasteiger partial charge in [0.25, 0.3) is 17.7 Å². The third-order valence-corrected chi connectivity index (χ3v) is 4.34. The minimum atomic E-state index is -1.10. The van der Waals surface area contributed by atoms with Crippen LogP contribution < -0.4 is 5.48 Å². The molecule has 7 nitrogen and oxygen atoms in total. The summed E-state index contributed by atoms with van der Waals surface area (Å²) in [5.41, 5.74) is 4.03. The van der Waals surface area contributed by atoms with E-state index in [0.717, 1.165) is 4.90 Å². The second kappa shape index (κ2) is 7.47. The summed E-state index contributed by atoms with van der Waals surface area (Å²) in [5.74, 6) is -1.67. The second-order valence-corrected chi connectivity index (χ2v) is 5.84. The van der Waals surface area contributed by atoms with Crippen LogP contribution in [-0.4, -0.2) is 40.9 Å². The molecule has 0 saturated carbocycles. The maximum Gasteiger partial charge on any atom is 0.267 e. The van der Waals surface area contributed by atoms with Crippen LogP contribution in [0.3, 0.4) is 0 Å². The zero-order valence-electron chi connectivity index (χ0n) is 14.1. The Labute approximate surface area is 150 Å². The van der Waals surface area contributed by atoms with Crippen molar-refractivity contribution >= 4 is 17.7 Å². The molecule has 1 aliphatic heterocycles. The molecule has 0 fully saturated rings. The lowest BCUT2D eigenvalue weighted by Crippen LogP contribution is -2.50. The van der Waals surface area contributed by atoms with E-state index in [-0.39, 0.29) is 24.2 Å². The smallest absolute Gasteiger partial charge is 0.267 e. The highest BCUT2D eigenvalue weighted by atomic mass is 16.6. The molecular formula is C19H18N2O5. The number of hydrogen-bond donors (Lipinski definition) is 2. The lowest BCUT2D eigenvalue weighted by molar-refractivity contribution is -0.135. The van der Waals surface area contributed by atoms with Crippen LogP contribution in [0.5, 0.6) is 0 Å². The Morgan fingerprint density at radius 1 is 1.04 bits per heavy atom. The molecule has 0 aliphatic carbocycles. The number of carbonyl (C=O) groups is 3. The second-order valence-electron chi connectivity index (χ2n) is 5.84. The molecule has 0 unspecified atom stereocenters. The molecule has 7 heteroatoms. The van der Waals surface area contributed by atoms with Gasteiger partial charge in [-0.1, -0.05) is 36.4 Å². The van der Waals surface area contributed by atoms with Crippen molar-refractivity contribution in [2.24, 2.45) is 0 Å². The third-order valence-electron chi connectivity index (χ3n) is 4.34. The van der Waals surface area contributed by atoms with Crippen molar-refractivity contribution in [3.05, 3.63) is 70.8 Å². The average Bonchev–Trinajstić information content (AvgIpc) is 2.91. The number of carbonyl (C=O) groups excluding carboxylic acids is 3. The molecule has 26 heavy (non-hydrogen) atoms.